The number of benzene rings is 1. The number of methoxy groups -OCH3 is 2. The lowest BCUT2D eigenvalue weighted by Crippen LogP contribution is -2.03. The van der Waals surface area contributed by atoms with Crippen molar-refractivity contribution in [1.29, 1.82) is 0 Å². The molecule has 0 aliphatic carbocycles. The summed E-state index contributed by atoms with van der Waals surface area (Å²) in [6.07, 6.45) is 1.61. The predicted molar refractivity (Wildman–Crippen MR) is 54.0 cm³/mol. The molecule has 1 aromatic carbocycles. The van der Waals surface area contributed by atoms with Gasteiger partial charge in [0.05, 0.1) is 31.3 Å². The molecular formula is C10H10N2O3. The fourth-order valence-electron chi connectivity index (χ4n) is 1.48. The fourth-order valence-corrected chi connectivity index (χ4v) is 1.48. The van der Waals surface area contributed by atoms with Crippen LogP contribution in [0, 0.1) is 0 Å². The highest BCUT2D eigenvalue weighted by atomic mass is 16.5. The molecule has 15 heavy (non-hydrogen) atoms. The summed E-state index contributed by atoms with van der Waals surface area (Å²) in [4.78, 5) is 11.4. The Hall–Kier alpha value is -2.04. The lowest BCUT2D eigenvalue weighted by atomic mass is 10.1. The molecule has 0 saturated heterocycles. The number of carbonyl (C=O) groups is 1. The van der Waals surface area contributed by atoms with Gasteiger partial charge in [0.15, 0.2) is 0 Å². The van der Waals surface area contributed by atoms with Gasteiger partial charge < -0.3 is 9.47 Å². The summed E-state index contributed by atoms with van der Waals surface area (Å²) < 4.78 is 9.83. The van der Waals surface area contributed by atoms with Crippen LogP contribution in [0.5, 0.6) is 5.75 Å². The van der Waals surface area contributed by atoms with Crippen LogP contribution >= 0.6 is 0 Å². The van der Waals surface area contributed by atoms with E-state index >= 15 is 0 Å². The van der Waals surface area contributed by atoms with E-state index in [0.29, 0.717) is 11.3 Å². The van der Waals surface area contributed by atoms with Crippen molar-refractivity contribution in [1.82, 2.24) is 10.2 Å². The first-order valence-corrected chi connectivity index (χ1v) is 4.36. The molecule has 78 valence electrons. The van der Waals surface area contributed by atoms with Crippen molar-refractivity contribution in [3.8, 4) is 5.75 Å². The van der Waals surface area contributed by atoms with Crippen LogP contribution in [0.3, 0.4) is 0 Å². The first-order valence-electron chi connectivity index (χ1n) is 4.36. The molecule has 0 fully saturated rings. The molecule has 5 heteroatoms. The van der Waals surface area contributed by atoms with Gasteiger partial charge in [-0.25, -0.2) is 4.79 Å². The number of aromatic amines is 1. The highest BCUT2D eigenvalue weighted by Gasteiger charge is 2.16. The monoisotopic (exact) mass is 206 g/mol. The molecule has 0 spiro atoms. The Labute approximate surface area is 86.0 Å². The van der Waals surface area contributed by atoms with E-state index in [-0.39, 0.29) is 0 Å². The number of hydrogen-bond donors (Lipinski definition) is 1. The average molecular weight is 206 g/mol. The number of H-pyrrole nitrogens is 1. The molecule has 0 radical (unpaired) electrons. The number of nitrogens with one attached hydrogen (secondary N) is 1. The number of rotatable bonds is 2. The first kappa shape index (κ1) is 9.51. The van der Waals surface area contributed by atoms with Crippen LogP contribution in [0.15, 0.2) is 18.3 Å². The molecular weight excluding hydrogens is 196 g/mol. The Bertz CT molecular complexity index is 504. The van der Waals surface area contributed by atoms with Gasteiger partial charge in [-0.05, 0) is 12.1 Å². The van der Waals surface area contributed by atoms with Crippen LogP contribution in [0.1, 0.15) is 10.4 Å². The smallest absolute Gasteiger partial charge is 0.341 e. The maximum atomic E-state index is 11.4. The molecule has 2 aromatic rings. The molecule has 0 aliphatic heterocycles. The molecule has 1 heterocycles. The van der Waals surface area contributed by atoms with E-state index in [1.165, 1.54) is 14.2 Å². The van der Waals surface area contributed by atoms with E-state index < -0.39 is 5.97 Å². The van der Waals surface area contributed by atoms with E-state index in [1.54, 1.807) is 18.3 Å². The highest BCUT2D eigenvalue weighted by Crippen LogP contribution is 2.28. The minimum atomic E-state index is -0.421. The fraction of sp³-hybridized carbons (Fsp3) is 0.200. The Morgan fingerprint density at radius 1 is 1.40 bits per heavy atom. The average Bonchev–Trinajstić information content (AvgIpc) is 2.74. The normalized spacial score (nSPS) is 10.3. The van der Waals surface area contributed by atoms with Gasteiger partial charge in [0.2, 0.25) is 0 Å². The summed E-state index contributed by atoms with van der Waals surface area (Å²) in [7, 11) is 2.84. The number of carbonyl (C=O) groups excluding carboxylic acids is 1. The van der Waals surface area contributed by atoms with Crippen molar-refractivity contribution in [2.75, 3.05) is 14.2 Å². The van der Waals surface area contributed by atoms with Crippen molar-refractivity contribution in [2.45, 2.75) is 0 Å². The summed E-state index contributed by atoms with van der Waals surface area (Å²) in [5.74, 6) is 0.0584. The molecule has 0 bridgehead atoms. The summed E-state index contributed by atoms with van der Waals surface area (Å²) >= 11 is 0. The largest absolute Gasteiger partial charge is 0.495 e. The van der Waals surface area contributed by atoms with Crippen molar-refractivity contribution >= 4 is 16.9 Å². The minimum Gasteiger partial charge on any atom is -0.495 e. The highest BCUT2D eigenvalue weighted by molar-refractivity contribution is 6.00. The van der Waals surface area contributed by atoms with Crippen LogP contribution in [0.25, 0.3) is 10.9 Å². The van der Waals surface area contributed by atoms with Gasteiger partial charge in [0.25, 0.3) is 0 Å². The summed E-state index contributed by atoms with van der Waals surface area (Å²) in [5, 5.41) is 7.44. The number of esters is 1. The minimum absolute atomic E-state index is 0.397. The second-order valence-corrected chi connectivity index (χ2v) is 2.97. The second kappa shape index (κ2) is 3.61. The van der Waals surface area contributed by atoms with Crippen LogP contribution < -0.4 is 4.74 Å². The van der Waals surface area contributed by atoms with E-state index in [9.17, 15) is 4.79 Å². The van der Waals surface area contributed by atoms with E-state index in [1.807, 2.05) is 0 Å². The molecule has 0 aliphatic rings. The van der Waals surface area contributed by atoms with Crippen LogP contribution in [-0.2, 0) is 4.74 Å². The van der Waals surface area contributed by atoms with Crippen molar-refractivity contribution in [3.63, 3.8) is 0 Å². The van der Waals surface area contributed by atoms with Crippen LogP contribution in [0.4, 0.5) is 0 Å². The summed E-state index contributed by atoms with van der Waals surface area (Å²) in [6.45, 7) is 0. The standard InChI is InChI=1S/C10H10N2O3/c1-14-9-6(10(13)15-2)3-4-8-7(9)5-11-12-8/h3-5H,1-2H3,(H,11,12). The molecule has 2 rings (SSSR count). The van der Waals surface area contributed by atoms with Crippen LogP contribution in [-0.4, -0.2) is 30.4 Å². The zero-order chi connectivity index (χ0) is 10.8. The molecule has 1 N–H and O–H groups in total. The van der Waals surface area contributed by atoms with Gasteiger partial charge in [-0.2, -0.15) is 5.10 Å². The second-order valence-electron chi connectivity index (χ2n) is 2.97. The van der Waals surface area contributed by atoms with Gasteiger partial charge in [-0.3, -0.25) is 5.10 Å². The predicted octanol–water partition coefficient (Wildman–Crippen LogP) is 1.36. The Kier molecular flexibility index (Phi) is 2.29. The Morgan fingerprint density at radius 3 is 2.87 bits per heavy atom. The lowest BCUT2D eigenvalue weighted by Gasteiger charge is -2.07. The first-order chi connectivity index (χ1) is 7.27. The van der Waals surface area contributed by atoms with E-state index in [0.717, 1.165) is 10.9 Å². The third kappa shape index (κ3) is 1.41. The number of ether oxygens (including phenoxy) is 2. The van der Waals surface area contributed by atoms with Crippen molar-refractivity contribution < 1.29 is 14.3 Å². The number of aromatic nitrogens is 2. The third-order valence-corrected chi connectivity index (χ3v) is 2.18. The Balaban J connectivity index is 2.69. The van der Waals surface area contributed by atoms with Crippen LogP contribution in [0.2, 0.25) is 0 Å². The topological polar surface area (TPSA) is 64.2 Å². The number of hydrogen-bond acceptors (Lipinski definition) is 4. The maximum Gasteiger partial charge on any atom is 0.341 e. The van der Waals surface area contributed by atoms with Crippen molar-refractivity contribution in [2.24, 2.45) is 0 Å². The van der Waals surface area contributed by atoms with Gasteiger partial charge in [-0.1, -0.05) is 0 Å². The zero-order valence-corrected chi connectivity index (χ0v) is 8.40. The lowest BCUT2D eigenvalue weighted by molar-refractivity contribution is 0.0597. The van der Waals surface area contributed by atoms with Gasteiger partial charge in [-0.15, -0.1) is 0 Å². The molecule has 0 amide bonds. The maximum absolute atomic E-state index is 11.4. The summed E-state index contributed by atoms with van der Waals surface area (Å²) in [5.41, 5.74) is 1.22. The zero-order valence-electron chi connectivity index (χ0n) is 8.40. The summed E-state index contributed by atoms with van der Waals surface area (Å²) in [6, 6.07) is 3.41. The van der Waals surface area contributed by atoms with E-state index in [2.05, 4.69) is 14.9 Å². The number of fused-ring (bicyclic) bond motifs is 1. The third-order valence-electron chi connectivity index (χ3n) is 2.18. The quantitative estimate of drug-likeness (QED) is 0.753. The van der Waals surface area contributed by atoms with Gasteiger partial charge in [0.1, 0.15) is 11.3 Å². The molecule has 0 unspecified atom stereocenters. The molecule has 0 saturated carbocycles. The van der Waals surface area contributed by atoms with E-state index in [4.69, 9.17) is 4.74 Å². The van der Waals surface area contributed by atoms with Gasteiger partial charge >= 0.3 is 5.97 Å². The van der Waals surface area contributed by atoms with Crippen molar-refractivity contribution in [3.05, 3.63) is 23.9 Å². The Morgan fingerprint density at radius 2 is 2.20 bits per heavy atom. The molecule has 0 atom stereocenters. The van der Waals surface area contributed by atoms with Gasteiger partial charge in [0, 0.05) is 0 Å². The molecule has 5 nitrogen and oxygen atoms in total. The number of nitrogens with zero attached hydrogens (tertiary/aromatic N) is 1. The molecule has 1 aromatic heterocycles. The SMILES string of the molecule is COC(=O)c1ccc2[nH]ncc2c1OC.